The largest absolute Gasteiger partial charge is 0.384 e. The van der Waals surface area contributed by atoms with Gasteiger partial charge in [0.05, 0.1) is 6.61 Å². The summed E-state index contributed by atoms with van der Waals surface area (Å²) >= 11 is 0. The van der Waals surface area contributed by atoms with E-state index in [1.165, 1.54) is 0 Å². The van der Waals surface area contributed by atoms with Gasteiger partial charge in [0.25, 0.3) is 0 Å². The number of ether oxygens (including phenoxy) is 1. The Labute approximate surface area is 77.8 Å². The minimum atomic E-state index is -0.745. The van der Waals surface area contributed by atoms with Crippen molar-refractivity contribution in [3.05, 3.63) is 12.3 Å². The Morgan fingerprint density at radius 1 is 1.77 bits per heavy atom. The molecule has 0 amide bonds. The first-order chi connectivity index (χ1) is 6.08. The van der Waals surface area contributed by atoms with Gasteiger partial charge in [-0.05, 0) is 6.08 Å². The molecule has 5 heteroatoms. The fraction of sp³-hybridized carbons (Fsp3) is 0.625. The second-order valence-corrected chi connectivity index (χ2v) is 3.22. The number of hydrogen-bond acceptors (Lipinski definition) is 5. The summed E-state index contributed by atoms with van der Waals surface area (Å²) in [5.74, 6) is 0.433. The smallest absolute Gasteiger partial charge is 0.194 e. The summed E-state index contributed by atoms with van der Waals surface area (Å²) in [6.45, 7) is 2.52. The SMILES string of the molecule is COCC(C)C1(N)C=CNC(N)=N1. The van der Waals surface area contributed by atoms with Crippen LogP contribution in [-0.4, -0.2) is 25.3 Å². The molecule has 5 nitrogen and oxygen atoms in total. The van der Waals surface area contributed by atoms with Gasteiger partial charge in [0.2, 0.25) is 0 Å². The van der Waals surface area contributed by atoms with Gasteiger partial charge in [0.1, 0.15) is 5.66 Å². The number of methoxy groups -OCH3 is 1. The predicted octanol–water partition coefficient (Wildman–Crippen LogP) is -0.644. The van der Waals surface area contributed by atoms with Gasteiger partial charge in [-0.2, -0.15) is 0 Å². The van der Waals surface area contributed by atoms with Crippen LogP contribution in [0.2, 0.25) is 0 Å². The van der Waals surface area contributed by atoms with Gasteiger partial charge in [-0.15, -0.1) is 0 Å². The van der Waals surface area contributed by atoms with Crippen molar-refractivity contribution in [3.63, 3.8) is 0 Å². The van der Waals surface area contributed by atoms with Crippen molar-refractivity contribution < 1.29 is 4.74 Å². The van der Waals surface area contributed by atoms with Gasteiger partial charge in [-0.25, -0.2) is 4.99 Å². The van der Waals surface area contributed by atoms with E-state index in [0.717, 1.165) is 0 Å². The molecular weight excluding hydrogens is 168 g/mol. The van der Waals surface area contributed by atoms with Crippen molar-refractivity contribution in [2.24, 2.45) is 22.4 Å². The minimum absolute atomic E-state index is 0.0920. The molecule has 1 aliphatic heterocycles. The maximum absolute atomic E-state index is 6.00. The fourth-order valence-corrected chi connectivity index (χ4v) is 1.20. The lowest BCUT2D eigenvalue weighted by atomic mass is 9.96. The molecule has 0 aromatic rings. The van der Waals surface area contributed by atoms with E-state index >= 15 is 0 Å². The number of nitrogens with one attached hydrogen (secondary N) is 1. The van der Waals surface area contributed by atoms with E-state index in [2.05, 4.69) is 10.3 Å². The Balaban J connectivity index is 2.74. The molecule has 0 radical (unpaired) electrons. The van der Waals surface area contributed by atoms with Crippen LogP contribution in [0.3, 0.4) is 0 Å². The second kappa shape index (κ2) is 3.76. The van der Waals surface area contributed by atoms with Crippen LogP contribution in [0.4, 0.5) is 0 Å². The van der Waals surface area contributed by atoms with Gasteiger partial charge in [-0.1, -0.05) is 6.92 Å². The minimum Gasteiger partial charge on any atom is -0.384 e. The maximum Gasteiger partial charge on any atom is 0.194 e. The third-order valence-electron chi connectivity index (χ3n) is 2.10. The Kier molecular flexibility index (Phi) is 2.90. The number of nitrogens with two attached hydrogens (primary N) is 2. The van der Waals surface area contributed by atoms with Gasteiger partial charge in [0.15, 0.2) is 5.96 Å². The highest BCUT2D eigenvalue weighted by Gasteiger charge is 2.30. The molecule has 5 N–H and O–H groups in total. The standard InChI is InChI=1S/C8H16N4O/c1-6(5-13-2)8(10)3-4-11-7(9)12-8/h3-4,6H,5,10H2,1-2H3,(H3,9,11,12). The monoisotopic (exact) mass is 184 g/mol. The molecule has 2 atom stereocenters. The fourth-order valence-electron chi connectivity index (χ4n) is 1.20. The van der Waals surface area contributed by atoms with E-state index in [1.54, 1.807) is 19.4 Å². The number of aliphatic imine (C=N–C) groups is 1. The summed E-state index contributed by atoms with van der Waals surface area (Å²) in [4.78, 5) is 4.13. The summed E-state index contributed by atoms with van der Waals surface area (Å²) in [5.41, 5.74) is 10.8. The Morgan fingerprint density at radius 2 is 2.46 bits per heavy atom. The quantitative estimate of drug-likeness (QED) is 0.544. The normalized spacial score (nSPS) is 29.3. The molecule has 0 fully saturated rings. The Bertz CT molecular complexity index is 238. The molecule has 0 aromatic carbocycles. The third kappa shape index (κ3) is 2.19. The zero-order chi connectivity index (χ0) is 9.90. The third-order valence-corrected chi connectivity index (χ3v) is 2.10. The van der Waals surface area contributed by atoms with Crippen molar-refractivity contribution in [2.75, 3.05) is 13.7 Å². The highest BCUT2D eigenvalue weighted by Crippen LogP contribution is 2.19. The topological polar surface area (TPSA) is 85.7 Å². The van der Waals surface area contributed by atoms with Gasteiger partial charge in [-0.3, -0.25) is 0 Å². The molecule has 0 spiro atoms. The van der Waals surface area contributed by atoms with Crippen LogP contribution in [0.25, 0.3) is 0 Å². The van der Waals surface area contributed by atoms with Crippen LogP contribution in [-0.2, 0) is 4.74 Å². The van der Waals surface area contributed by atoms with E-state index < -0.39 is 5.66 Å². The van der Waals surface area contributed by atoms with Crippen molar-refractivity contribution in [1.29, 1.82) is 0 Å². The first-order valence-corrected chi connectivity index (χ1v) is 4.16. The summed E-state index contributed by atoms with van der Waals surface area (Å²) in [5, 5.41) is 2.76. The van der Waals surface area contributed by atoms with E-state index in [-0.39, 0.29) is 5.92 Å². The lowest BCUT2D eigenvalue weighted by Gasteiger charge is -2.30. The molecule has 1 rings (SSSR count). The van der Waals surface area contributed by atoms with Crippen LogP contribution in [0.1, 0.15) is 6.92 Å². The molecule has 13 heavy (non-hydrogen) atoms. The summed E-state index contributed by atoms with van der Waals surface area (Å²) in [6, 6.07) is 0. The highest BCUT2D eigenvalue weighted by atomic mass is 16.5. The average Bonchev–Trinajstić information content (AvgIpc) is 2.04. The molecule has 0 saturated carbocycles. The molecule has 0 bridgehead atoms. The first kappa shape index (κ1) is 10.0. The molecule has 2 unspecified atom stereocenters. The van der Waals surface area contributed by atoms with E-state index in [0.29, 0.717) is 12.6 Å². The zero-order valence-electron chi connectivity index (χ0n) is 7.95. The molecule has 1 aliphatic rings. The van der Waals surface area contributed by atoms with E-state index in [9.17, 15) is 0 Å². The summed E-state index contributed by atoms with van der Waals surface area (Å²) in [7, 11) is 1.64. The van der Waals surface area contributed by atoms with Crippen LogP contribution in [0, 0.1) is 5.92 Å². The first-order valence-electron chi connectivity index (χ1n) is 4.16. The van der Waals surface area contributed by atoms with Gasteiger partial charge in [0, 0.05) is 19.2 Å². The molecule has 0 saturated heterocycles. The van der Waals surface area contributed by atoms with Crippen LogP contribution < -0.4 is 16.8 Å². The zero-order valence-corrected chi connectivity index (χ0v) is 7.95. The van der Waals surface area contributed by atoms with Crippen molar-refractivity contribution in [2.45, 2.75) is 12.6 Å². The lowest BCUT2D eigenvalue weighted by molar-refractivity contribution is 0.132. The van der Waals surface area contributed by atoms with Gasteiger partial charge >= 0.3 is 0 Å². The Hall–Kier alpha value is -1.07. The predicted molar refractivity (Wildman–Crippen MR) is 51.9 cm³/mol. The second-order valence-electron chi connectivity index (χ2n) is 3.22. The van der Waals surface area contributed by atoms with Crippen molar-refractivity contribution in [1.82, 2.24) is 5.32 Å². The van der Waals surface area contributed by atoms with Gasteiger partial charge < -0.3 is 21.5 Å². The number of guanidine groups is 1. The number of nitrogens with zero attached hydrogens (tertiary/aromatic N) is 1. The maximum atomic E-state index is 6.00. The molecule has 0 aromatic heterocycles. The highest BCUT2D eigenvalue weighted by molar-refractivity contribution is 5.80. The summed E-state index contributed by atoms with van der Waals surface area (Å²) in [6.07, 6.45) is 3.49. The van der Waals surface area contributed by atoms with Crippen LogP contribution >= 0.6 is 0 Å². The summed E-state index contributed by atoms with van der Waals surface area (Å²) < 4.78 is 5.01. The molecular formula is C8H16N4O. The lowest BCUT2D eigenvalue weighted by Crippen LogP contribution is -2.50. The van der Waals surface area contributed by atoms with Crippen molar-refractivity contribution >= 4 is 5.96 Å². The number of rotatable bonds is 3. The Morgan fingerprint density at radius 3 is 3.00 bits per heavy atom. The molecule has 0 aliphatic carbocycles. The van der Waals surface area contributed by atoms with Crippen LogP contribution in [0.15, 0.2) is 17.3 Å². The van der Waals surface area contributed by atoms with E-state index in [4.69, 9.17) is 16.2 Å². The molecule has 1 heterocycles. The number of hydrogen-bond donors (Lipinski definition) is 3. The van der Waals surface area contributed by atoms with E-state index in [1.807, 2.05) is 6.92 Å². The average molecular weight is 184 g/mol. The van der Waals surface area contributed by atoms with Crippen LogP contribution in [0.5, 0.6) is 0 Å². The van der Waals surface area contributed by atoms with Crippen molar-refractivity contribution in [3.8, 4) is 0 Å². The molecule has 74 valence electrons.